The number of carbonyl (C=O) groups excluding carboxylic acids is 1. The Kier molecular flexibility index (Phi) is 8.25. The number of fused-ring (bicyclic) bond motifs is 1. The predicted molar refractivity (Wildman–Crippen MR) is 102 cm³/mol. The van der Waals surface area contributed by atoms with E-state index in [1.165, 1.54) is 18.5 Å². The summed E-state index contributed by atoms with van der Waals surface area (Å²) in [5, 5.41) is 2.89. The first kappa shape index (κ1) is 20.5. The molecule has 0 spiro atoms. The molecule has 1 aromatic heterocycles. The summed E-state index contributed by atoms with van der Waals surface area (Å²) in [6.07, 6.45) is 6.74. The van der Waals surface area contributed by atoms with Crippen molar-refractivity contribution in [2.75, 3.05) is 11.9 Å². The Labute approximate surface area is 154 Å². The number of hydrogen-bond donors (Lipinski definition) is 2. The molecule has 0 unspecified atom stereocenters. The maximum Gasteiger partial charge on any atom is 0.224 e. The van der Waals surface area contributed by atoms with Crippen LogP contribution in [0.1, 0.15) is 31.4 Å². The molecule has 1 aliphatic rings. The number of anilines is 1. The van der Waals surface area contributed by atoms with Gasteiger partial charge in [-0.1, -0.05) is 0 Å². The van der Waals surface area contributed by atoms with E-state index >= 15 is 0 Å². The van der Waals surface area contributed by atoms with Gasteiger partial charge in [-0.25, -0.2) is 4.98 Å². The van der Waals surface area contributed by atoms with Gasteiger partial charge in [0.2, 0.25) is 5.91 Å². The Morgan fingerprint density at radius 2 is 1.96 bits per heavy atom. The zero-order chi connectivity index (χ0) is 15.4. The van der Waals surface area contributed by atoms with Crippen LogP contribution in [0.25, 0.3) is 11.4 Å². The van der Waals surface area contributed by atoms with Crippen LogP contribution in [0.4, 0.5) is 5.69 Å². The minimum atomic E-state index is 0. The summed E-state index contributed by atoms with van der Waals surface area (Å²) in [5.41, 5.74) is 8.64. The number of carbonyl (C=O) groups is 1. The van der Waals surface area contributed by atoms with E-state index in [0.29, 0.717) is 19.4 Å². The average Bonchev–Trinajstić information content (AvgIpc) is 2.98. The third-order valence-electron chi connectivity index (χ3n) is 4.04. The Morgan fingerprint density at radius 3 is 2.67 bits per heavy atom. The number of hydrogen-bond acceptors (Lipinski definition) is 3. The van der Waals surface area contributed by atoms with E-state index < -0.39 is 0 Å². The van der Waals surface area contributed by atoms with E-state index in [2.05, 4.69) is 14.9 Å². The van der Waals surface area contributed by atoms with Crippen LogP contribution in [-0.2, 0) is 17.8 Å². The first-order chi connectivity index (χ1) is 10.8. The lowest BCUT2D eigenvalue weighted by molar-refractivity contribution is -0.116. The zero-order valence-electron chi connectivity index (χ0n) is 13.5. The fourth-order valence-electron chi connectivity index (χ4n) is 2.86. The predicted octanol–water partition coefficient (Wildman–Crippen LogP) is 3.41. The minimum absolute atomic E-state index is 0. The van der Waals surface area contributed by atoms with Crippen molar-refractivity contribution in [1.82, 2.24) is 9.55 Å². The molecule has 24 heavy (non-hydrogen) atoms. The first-order valence-electron chi connectivity index (χ1n) is 7.92. The molecule has 0 fully saturated rings. The summed E-state index contributed by atoms with van der Waals surface area (Å²) in [6, 6.07) is 7.89. The average molecular weight is 371 g/mol. The van der Waals surface area contributed by atoms with Crippen LogP contribution in [0.15, 0.2) is 30.5 Å². The molecule has 5 nitrogen and oxygen atoms in total. The molecule has 132 valence electrons. The fraction of sp³-hybridized carbons (Fsp3) is 0.412. The Bertz CT molecular complexity index is 655. The molecule has 0 saturated carbocycles. The molecule has 0 saturated heterocycles. The standard InChI is InChI=1S/C17H22N4O.2ClH/c18-10-3-5-16(22)20-14-8-6-13(7-9-14)17-19-12-15-4-1-2-11-21(15)17;;/h6-9,12H,1-5,10-11,18H2,(H,20,22);2*1H. The summed E-state index contributed by atoms with van der Waals surface area (Å²) in [7, 11) is 0. The Hall–Kier alpha value is -1.56. The number of amides is 1. The molecule has 7 heteroatoms. The van der Waals surface area contributed by atoms with Crippen LogP contribution >= 0.6 is 24.8 Å². The topological polar surface area (TPSA) is 72.9 Å². The summed E-state index contributed by atoms with van der Waals surface area (Å²) in [6.45, 7) is 1.58. The number of nitrogens with zero attached hydrogens (tertiary/aromatic N) is 2. The van der Waals surface area contributed by atoms with Crippen molar-refractivity contribution < 1.29 is 4.79 Å². The van der Waals surface area contributed by atoms with Gasteiger partial charge < -0.3 is 15.6 Å². The van der Waals surface area contributed by atoms with E-state index in [1.807, 2.05) is 30.5 Å². The molecule has 1 amide bonds. The Morgan fingerprint density at radius 1 is 1.21 bits per heavy atom. The highest BCUT2D eigenvalue weighted by Gasteiger charge is 2.15. The van der Waals surface area contributed by atoms with E-state index in [9.17, 15) is 4.79 Å². The van der Waals surface area contributed by atoms with Gasteiger partial charge in [0, 0.05) is 36.1 Å². The molecule has 1 aromatic carbocycles. The van der Waals surface area contributed by atoms with Crippen molar-refractivity contribution in [3.05, 3.63) is 36.2 Å². The quantitative estimate of drug-likeness (QED) is 0.846. The summed E-state index contributed by atoms with van der Waals surface area (Å²) < 4.78 is 2.30. The highest BCUT2D eigenvalue weighted by Crippen LogP contribution is 2.25. The molecule has 3 N–H and O–H groups in total. The summed E-state index contributed by atoms with van der Waals surface area (Å²) in [5.74, 6) is 1.03. The second-order valence-corrected chi connectivity index (χ2v) is 5.70. The van der Waals surface area contributed by atoms with Crippen molar-refractivity contribution in [2.45, 2.75) is 38.6 Å². The number of imidazole rings is 1. The van der Waals surface area contributed by atoms with Crippen molar-refractivity contribution in [3.8, 4) is 11.4 Å². The van der Waals surface area contributed by atoms with Crippen LogP contribution in [0.3, 0.4) is 0 Å². The lowest BCUT2D eigenvalue weighted by atomic mass is 10.1. The number of rotatable bonds is 5. The SMILES string of the molecule is Cl.Cl.NCCCC(=O)Nc1ccc(-c2ncc3n2CCCC3)cc1. The van der Waals surface area contributed by atoms with Gasteiger partial charge in [0.05, 0.1) is 0 Å². The van der Waals surface area contributed by atoms with Gasteiger partial charge in [-0.15, -0.1) is 24.8 Å². The van der Waals surface area contributed by atoms with Gasteiger partial charge in [0.15, 0.2) is 0 Å². The minimum Gasteiger partial charge on any atom is -0.330 e. The molecular weight excluding hydrogens is 347 g/mol. The molecule has 2 aromatic rings. The maximum atomic E-state index is 11.7. The smallest absolute Gasteiger partial charge is 0.224 e. The van der Waals surface area contributed by atoms with E-state index in [4.69, 9.17) is 5.73 Å². The fourth-order valence-corrected chi connectivity index (χ4v) is 2.86. The van der Waals surface area contributed by atoms with Crippen molar-refractivity contribution >= 4 is 36.4 Å². The van der Waals surface area contributed by atoms with Crippen LogP contribution in [-0.4, -0.2) is 22.0 Å². The molecule has 0 atom stereocenters. The highest BCUT2D eigenvalue weighted by molar-refractivity contribution is 5.90. The number of halogens is 2. The van der Waals surface area contributed by atoms with Gasteiger partial charge in [0.1, 0.15) is 5.82 Å². The highest BCUT2D eigenvalue weighted by atomic mass is 35.5. The van der Waals surface area contributed by atoms with Crippen LogP contribution < -0.4 is 11.1 Å². The number of nitrogens with two attached hydrogens (primary N) is 1. The van der Waals surface area contributed by atoms with E-state index in [-0.39, 0.29) is 30.7 Å². The third kappa shape index (κ3) is 4.72. The van der Waals surface area contributed by atoms with Gasteiger partial charge in [-0.3, -0.25) is 4.79 Å². The molecular formula is C17H24Cl2N4O. The third-order valence-corrected chi connectivity index (χ3v) is 4.04. The normalized spacial score (nSPS) is 12.5. The first-order valence-corrected chi connectivity index (χ1v) is 7.92. The Balaban J connectivity index is 0.00000144. The molecule has 3 rings (SSSR count). The van der Waals surface area contributed by atoms with Crippen molar-refractivity contribution in [3.63, 3.8) is 0 Å². The molecule has 0 radical (unpaired) electrons. The molecule has 1 aliphatic heterocycles. The van der Waals surface area contributed by atoms with Crippen molar-refractivity contribution in [2.24, 2.45) is 5.73 Å². The maximum absolute atomic E-state index is 11.7. The van der Waals surface area contributed by atoms with Crippen LogP contribution in [0.2, 0.25) is 0 Å². The molecule has 0 aliphatic carbocycles. The van der Waals surface area contributed by atoms with Gasteiger partial charge in [0.25, 0.3) is 0 Å². The van der Waals surface area contributed by atoms with Gasteiger partial charge >= 0.3 is 0 Å². The number of aromatic nitrogens is 2. The number of aryl methyl sites for hydroxylation is 1. The van der Waals surface area contributed by atoms with Gasteiger partial charge in [-0.05, 0) is 56.5 Å². The monoisotopic (exact) mass is 370 g/mol. The van der Waals surface area contributed by atoms with E-state index in [1.54, 1.807) is 0 Å². The van der Waals surface area contributed by atoms with Crippen LogP contribution in [0, 0.1) is 0 Å². The van der Waals surface area contributed by atoms with Crippen LogP contribution in [0.5, 0.6) is 0 Å². The van der Waals surface area contributed by atoms with E-state index in [0.717, 1.165) is 30.0 Å². The summed E-state index contributed by atoms with van der Waals surface area (Å²) in [4.78, 5) is 16.3. The lowest BCUT2D eigenvalue weighted by Gasteiger charge is -2.16. The zero-order valence-corrected chi connectivity index (χ0v) is 15.2. The second kappa shape index (κ2) is 9.67. The largest absolute Gasteiger partial charge is 0.330 e. The second-order valence-electron chi connectivity index (χ2n) is 5.70. The van der Waals surface area contributed by atoms with Crippen molar-refractivity contribution in [1.29, 1.82) is 0 Å². The van der Waals surface area contributed by atoms with Gasteiger partial charge in [-0.2, -0.15) is 0 Å². The molecule has 0 bridgehead atoms. The lowest BCUT2D eigenvalue weighted by Crippen LogP contribution is -2.13. The number of nitrogens with one attached hydrogen (secondary N) is 1. The summed E-state index contributed by atoms with van der Waals surface area (Å²) >= 11 is 0. The number of benzene rings is 1. The molecule has 2 heterocycles.